The van der Waals surface area contributed by atoms with Gasteiger partial charge in [0.25, 0.3) is 5.91 Å². The smallest absolute Gasteiger partial charge is 0.251 e. The lowest BCUT2D eigenvalue weighted by atomic mass is 9.56. The van der Waals surface area contributed by atoms with Crippen LogP contribution in [0, 0.1) is 17.8 Å². The van der Waals surface area contributed by atoms with Crippen LogP contribution < -0.4 is 11.1 Å². The maximum Gasteiger partial charge on any atom is 0.251 e. The molecule has 23 heavy (non-hydrogen) atoms. The van der Waals surface area contributed by atoms with Gasteiger partial charge >= 0.3 is 0 Å². The summed E-state index contributed by atoms with van der Waals surface area (Å²) in [6, 6.07) is 1.66. The normalized spacial score (nSPS) is 34.5. The molecule has 0 unspecified atom stereocenters. The topological polar surface area (TPSA) is 72.2 Å². The van der Waals surface area contributed by atoms with Crippen LogP contribution in [0.3, 0.4) is 0 Å². The Kier molecular flexibility index (Phi) is 3.92. The minimum absolute atomic E-state index is 0.0179. The van der Waals surface area contributed by atoms with Gasteiger partial charge in [0, 0.05) is 4.75 Å². The minimum atomic E-state index is -0.490. The Morgan fingerprint density at radius 1 is 1.22 bits per heavy atom. The van der Waals surface area contributed by atoms with Gasteiger partial charge in [-0.05, 0) is 67.7 Å². The highest BCUT2D eigenvalue weighted by atomic mass is 32.2. The Morgan fingerprint density at radius 2 is 1.83 bits per heavy atom. The highest BCUT2D eigenvalue weighted by molar-refractivity contribution is 8.01. The monoisotopic (exact) mass is 350 g/mol. The van der Waals surface area contributed by atoms with E-state index in [1.165, 1.54) is 49.9 Å². The largest absolute Gasteiger partial charge is 0.366 e. The predicted molar refractivity (Wildman–Crippen MR) is 94.8 cm³/mol. The second-order valence-corrected chi connectivity index (χ2v) is 9.82. The van der Waals surface area contributed by atoms with Gasteiger partial charge in [0.2, 0.25) is 5.91 Å². The van der Waals surface area contributed by atoms with E-state index >= 15 is 0 Å². The van der Waals surface area contributed by atoms with Crippen LogP contribution in [0.15, 0.2) is 11.4 Å². The molecule has 2 amide bonds. The van der Waals surface area contributed by atoms with E-state index < -0.39 is 5.91 Å². The van der Waals surface area contributed by atoms with Crippen LogP contribution in [-0.4, -0.2) is 22.3 Å². The molecule has 6 heteroatoms. The molecule has 3 N–H and O–H groups in total. The Balaban J connectivity index is 1.37. The molecule has 0 radical (unpaired) electrons. The minimum Gasteiger partial charge on any atom is -0.366 e. The quantitative estimate of drug-likeness (QED) is 0.854. The summed E-state index contributed by atoms with van der Waals surface area (Å²) < 4.78 is 0.341. The van der Waals surface area contributed by atoms with Crippen LogP contribution in [-0.2, 0) is 4.79 Å². The summed E-state index contributed by atoms with van der Waals surface area (Å²) in [5.74, 6) is 2.66. The van der Waals surface area contributed by atoms with Gasteiger partial charge in [-0.15, -0.1) is 23.1 Å². The number of thiophene rings is 1. The van der Waals surface area contributed by atoms with Crippen LogP contribution >= 0.6 is 23.1 Å². The van der Waals surface area contributed by atoms with Crippen molar-refractivity contribution in [3.63, 3.8) is 0 Å². The highest BCUT2D eigenvalue weighted by Gasteiger charge is 2.51. The molecule has 1 heterocycles. The van der Waals surface area contributed by atoms with Crippen LogP contribution in [0.5, 0.6) is 0 Å². The molecular formula is C17H22N2O2S2. The van der Waals surface area contributed by atoms with E-state index in [-0.39, 0.29) is 5.91 Å². The molecule has 4 aliphatic rings. The molecule has 5 rings (SSSR count). The lowest BCUT2D eigenvalue weighted by Gasteiger charge is -2.56. The van der Waals surface area contributed by atoms with Crippen molar-refractivity contribution in [2.75, 3.05) is 11.1 Å². The number of carbonyl (C=O) groups is 2. The number of carbonyl (C=O) groups excluding carboxylic acids is 2. The fourth-order valence-electron chi connectivity index (χ4n) is 5.19. The SMILES string of the molecule is NC(=O)c1ccsc1NC(=O)CSC12CC3CC(CC(C3)C1)C2. The van der Waals surface area contributed by atoms with Gasteiger partial charge in [0.1, 0.15) is 5.00 Å². The first-order valence-corrected chi connectivity index (χ1v) is 10.2. The Hall–Kier alpha value is -1.01. The average Bonchev–Trinajstić information content (AvgIpc) is 2.92. The fourth-order valence-corrected chi connectivity index (χ4v) is 7.57. The van der Waals surface area contributed by atoms with Crippen molar-refractivity contribution in [2.24, 2.45) is 23.5 Å². The third-order valence-electron chi connectivity index (χ3n) is 5.68. The van der Waals surface area contributed by atoms with E-state index in [4.69, 9.17) is 5.73 Å². The molecule has 1 aromatic rings. The number of anilines is 1. The summed E-state index contributed by atoms with van der Waals surface area (Å²) in [5.41, 5.74) is 5.73. The standard InChI is InChI=1S/C17H22N2O2S2/c18-15(21)13-1-2-22-16(13)19-14(20)9-23-17-6-10-3-11(7-17)5-12(4-10)8-17/h1-2,10-12H,3-9H2,(H2,18,21)(H,19,20). The van der Waals surface area contributed by atoms with Crippen molar-refractivity contribution in [3.8, 4) is 0 Å². The summed E-state index contributed by atoms with van der Waals surface area (Å²) in [6.07, 6.45) is 8.14. The summed E-state index contributed by atoms with van der Waals surface area (Å²) >= 11 is 3.20. The summed E-state index contributed by atoms with van der Waals surface area (Å²) in [6.45, 7) is 0. The second-order valence-electron chi connectivity index (χ2n) is 7.47. The van der Waals surface area contributed by atoms with Crippen molar-refractivity contribution in [1.29, 1.82) is 0 Å². The molecule has 0 atom stereocenters. The zero-order valence-corrected chi connectivity index (χ0v) is 14.7. The molecule has 0 aromatic carbocycles. The van der Waals surface area contributed by atoms with Crippen LogP contribution in [0.4, 0.5) is 5.00 Å². The summed E-state index contributed by atoms with van der Waals surface area (Å²) in [5, 5.41) is 5.22. The van der Waals surface area contributed by atoms with Crippen molar-refractivity contribution in [3.05, 3.63) is 17.0 Å². The Labute approximate surface area is 144 Å². The predicted octanol–water partition coefficient (Wildman–Crippen LogP) is 3.49. The molecule has 124 valence electrons. The third kappa shape index (κ3) is 3.03. The van der Waals surface area contributed by atoms with Gasteiger partial charge in [0.15, 0.2) is 0 Å². The average molecular weight is 351 g/mol. The van der Waals surface area contributed by atoms with Crippen LogP contribution in [0.1, 0.15) is 48.9 Å². The van der Waals surface area contributed by atoms with Crippen LogP contribution in [0.2, 0.25) is 0 Å². The molecule has 1 aromatic heterocycles. The number of hydrogen-bond donors (Lipinski definition) is 2. The molecule has 4 saturated carbocycles. The van der Waals surface area contributed by atoms with Gasteiger partial charge in [-0.1, -0.05) is 0 Å². The maximum atomic E-state index is 12.3. The van der Waals surface area contributed by atoms with Gasteiger partial charge < -0.3 is 11.1 Å². The number of hydrogen-bond acceptors (Lipinski definition) is 4. The van der Waals surface area contributed by atoms with E-state index in [1.807, 2.05) is 11.8 Å². The molecule has 0 saturated heterocycles. The van der Waals surface area contributed by atoms with Crippen LogP contribution in [0.25, 0.3) is 0 Å². The van der Waals surface area contributed by atoms with Crippen molar-refractivity contribution < 1.29 is 9.59 Å². The number of amides is 2. The lowest BCUT2D eigenvalue weighted by molar-refractivity contribution is -0.113. The summed E-state index contributed by atoms with van der Waals surface area (Å²) in [7, 11) is 0. The lowest BCUT2D eigenvalue weighted by Crippen LogP contribution is -2.49. The molecule has 4 bridgehead atoms. The number of rotatable bonds is 5. The third-order valence-corrected chi connectivity index (χ3v) is 8.02. The number of nitrogens with one attached hydrogen (secondary N) is 1. The molecule has 0 spiro atoms. The zero-order valence-electron chi connectivity index (χ0n) is 13.0. The first-order valence-electron chi connectivity index (χ1n) is 8.34. The van der Waals surface area contributed by atoms with E-state index in [0.29, 0.717) is 21.1 Å². The van der Waals surface area contributed by atoms with E-state index in [0.717, 1.165) is 17.8 Å². The van der Waals surface area contributed by atoms with E-state index in [1.54, 1.807) is 11.4 Å². The summed E-state index contributed by atoms with van der Waals surface area (Å²) in [4.78, 5) is 23.6. The van der Waals surface area contributed by atoms with Gasteiger partial charge in [-0.2, -0.15) is 0 Å². The van der Waals surface area contributed by atoms with Crippen molar-refractivity contribution in [1.82, 2.24) is 0 Å². The Bertz CT molecular complexity index is 605. The molecular weight excluding hydrogens is 328 g/mol. The zero-order chi connectivity index (χ0) is 16.0. The first-order chi connectivity index (χ1) is 11.0. The van der Waals surface area contributed by atoms with E-state index in [9.17, 15) is 9.59 Å². The van der Waals surface area contributed by atoms with Gasteiger partial charge in [-0.25, -0.2) is 0 Å². The first kappa shape index (κ1) is 15.5. The number of nitrogens with two attached hydrogens (primary N) is 1. The molecule has 4 fully saturated rings. The number of primary amides is 1. The molecule has 4 aliphatic carbocycles. The molecule has 0 aliphatic heterocycles. The van der Waals surface area contributed by atoms with E-state index in [2.05, 4.69) is 5.32 Å². The van der Waals surface area contributed by atoms with Gasteiger partial charge in [-0.3, -0.25) is 9.59 Å². The second kappa shape index (κ2) is 5.81. The Morgan fingerprint density at radius 3 is 2.39 bits per heavy atom. The maximum absolute atomic E-state index is 12.3. The van der Waals surface area contributed by atoms with Crippen molar-refractivity contribution in [2.45, 2.75) is 43.3 Å². The van der Waals surface area contributed by atoms with Crippen molar-refractivity contribution >= 4 is 39.9 Å². The molecule has 4 nitrogen and oxygen atoms in total. The number of thioether (sulfide) groups is 1. The van der Waals surface area contributed by atoms with Gasteiger partial charge in [0.05, 0.1) is 11.3 Å². The fraction of sp³-hybridized carbons (Fsp3) is 0.647. The highest BCUT2D eigenvalue weighted by Crippen LogP contribution is 2.60.